The van der Waals surface area contributed by atoms with E-state index in [4.69, 9.17) is 0 Å². The molecule has 2 aliphatic heterocycles. The molecule has 3 aliphatic rings. The highest BCUT2D eigenvalue weighted by Crippen LogP contribution is 2.49. The Labute approximate surface area is 99.8 Å². The van der Waals surface area contributed by atoms with Gasteiger partial charge in [0.1, 0.15) is 0 Å². The van der Waals surface area contributed by atoms with Gasteiger partial charge in [-0.3, -0.25) is 4.90 Å². The van der Waals surface area contributed by atoms with Gasteiger partial charge < -0.3 is 5.32 Å². The lowest BCUT2D eigenvalue weighted by Gasteiger charge is -2.52. The number of rotatable bonds is 3. The van der Waals surface area contributed by atoms with E-state index in [0.29, 0.717) is 5.54 Å². The number of nitrogens with zero attached hydrogens (tertiary/aromatic N) is 1. The van der Waals surface area contributed by atoms with E-state index in [1.807, 2.05) is 0 Å². The fraction of sp³-hybridized carbons (Fsp3) is 1.00. The van der Waals surface area contributed by atoms with Crippen LogP contribution in [0.2, 0.25) is 0 Å². The molecule has 2 unspecified atom stereocenters. The van der Waals surface area contributed by atoms with Gasteiger partial charge in [-0.05, 0) is 52.0 Å². The van der Waals surface area contributed by atoms with E-state index in [0.717, 1.165) is 24.7 Å². The first-order valence-electron chi connectivity index (χ1n) is 7.25. The highest BCUT2D eigenvalue weighted by molar-refractivity contribution is 5.08. The smallest absolute Gasteiger partial charge is 0.0188 e. The zero-order valence-corrected chi connectivity index (χ0v) is 10.8. The predicted molar refractivity (Wildman–Crippen MR) is 67.6 cm³/mol. The normalized spacial score (nSPS) is 42.0. The Hall–Kier alpha value is -0.0800. The molecule has 3 rings (SSSR count). The first-order valence-corrected chi connectivity index (χ1v) is 7.25. The van der Waals surface area contributed by atoms with E-state index in [1.165, 1.54) is 44.9 Å². The zero-order chi connectivity index (χ0) is 11.2. The third kappa shape index (κ3) is 1.80. The monoisotopic (exact) mass is 222 g/mol. The molecule has 1 aliphatic carbocycles. The second-order valence-electron chi connectivity index (χ2n) is 6.37. The number of nitrogens with one attached hydrogen (secondary N) is 1. The Bertz CT molecular complexity index is 245. The summed E-state index contributed by atoms with van der Waals surface area (Å²) in [5, 5.41) is 3.68. The van der Waals surface area contributed by atoms with Crippen LogP contribution in [-0.4, -0.2) is 35.1 Å². The number of hydrogen-bond acceptors (Lipinski definition) is 2. The van der Waals surface area contributed by atoms with E-state index < -0.39 is 0 Å². The average molecular weight is 222 g/mol. The fourth-order valence-electron chi connectivity index (χ4n) is 4.16. The SMILES string of the molecule is CCNC1CC2CCCC(C1)N2C1(C)CC1. The largest absolute Gasteiger partial charge is 0.314 e. The van der Waals surface area contributed by atoms with Crippen molar-refractivity contribution in [3.8, 4) is 0 Å². The number of piperidine rings is 2. The van der Waals surface area contributed by atoms with E-state index >= 15 is 0 Å². The molecule has 2 atom stereocenters. The lowest BCUT2D eigenvalue weighted by Crippen LogP contribution is -2.59. The molecule has 92 valence electrons. The predicted octanol–water partition coefficient (Wildman–Crippen LogP) is 2.53. The van der Waals surface area contributed by atoms with Crippen molar-refractivity contribution in [2.45, 2.75) is 82.5 Å². The lowest BCUT2D eigenvalue weighted by atomic mass is 9.80. The minimum absolute atomic E-state index is 0.604. The maximum atomic E-state index is 3.68. The van der Waals surface area contributed by atoms with Crippen LogP contribution in [0.3, 0.4) is 0 Å². The van der Waals surface area contributed by atoms with Gasteiger partial charge >= 0.3 is 0 Å². The van der Waals surface area contributed by atoms with Crippen molar-refractivity contribution in [3.05, 3.63) is 0 Å². The van der Waals surface area contributed by atoms with Gasteiger partial charge in [-0.1, -0.05) is 13.3 Å². The highest BCUT2D eigenvalue weighted by atomic mass is 15.3. The summed E-state index contributed by atoms with van der Waals surface area (Å²) in [5.74, 6) is 0. The van der Waals surface area contributed by atoms with Crippen LogP contribution in [-0.2, 0) is 0 Å². The molecule has 0 spiro atoms. The molecule has 1 N–H and O–H groups in total. The average Bonchev–Trinajstić information content (AvgIpc) is 2.96. The minimum atomic E-state index is 0.604. The minimum Gasteiger partial charge on any atom is -0.314 e. The van der Waals surface area contributed by atoms with Crippen molar-refractivity contribution in [2.24, 2.45) is 0 Å². The van der Waals surface area contributed by atoms with Crippen molar-refractivity contribution < 1.29 is 0 Å². The van der Waals surface area contributed by atoms with Gasteiger partial charge in [0.15, 0.2) is 0 Å². The molecule has 0 radical (unpaired) electrons. The molecule has 2 heterocycles. The summed E-state index contributed by atoms with van der Waals surface area (Å²) in [6.07, 6.45) is 10.1. The summed E-state index contributed by atoms with van der Waals surface area (Å²) in [6, 6.07) is 2.59. The van der Waals surface area contributed by atoms with Crippen LogP contribution in [0.1, 0.15) is 58.8 Å². The molecule has 2 heteroatoms. The maximum Gasteiger partial charge on any atom is 0.0188 e. The Morgan fingerprint density at radius 1 is 1.19 bits per heavy atom. The quantitative estimate of drug-likeness (QED) is 0.789. The summed E-state index contributed by atoms with van der Waals surface area (Å²) < 4.78 is 0. The van der Waals surface area contributed by atoms with E-state index in [-0.39, 0.29) is 0 Å². The Balaban J connectivity index is 1.73. The second kappa shape index (κ2) is 3.99. The zero-order valence-electron chi connectivity index (χ0n) is 10.8. The van der Waals surface area contributed by atoms with Crippen LogP contribution in [0.5, 0.6) is 0 Å². The van der Waals surface area contributed by atoms with Gasteiger partial charge in [-0.15, -0.1) is 0 Å². The molecule has 2 saturated heterocycles. The summed E-state index contributed by atoms with van der Waals surface area (Å²) in [7, 11) is 0. The lowest BCUT2D eigenvalue weighted by molar-refractivity contribution is -0.0152. The third-order valence-electron chi connectivity index (χ3n) is 5.06. The van der Waals surface area contributed by atoms with Crippen molar-refractivity contribution in [1.29, 1.82) is 0 Å². The van der Waals surface area contributed by atoms with Gasteiger partial charge in [0.25, 0.3) is 0 Å². The van der Waals surface area contributed by atoms with E-state index in [2.05, 4.69) is 24.1 Å². The Kier molecular flexibility index (Phi) is 2.75. The first kappa shape index (κ1) is 11.0. The number of hydrogen-bond donors (Lipinski definition) is 1. The van der Waals surface area contributed by atoms with Crippen LogP contribution in [0.25, 0.3) is 0 Å². The molecule has 16 heavy (non-hydrogen) atoms. The van der Waals surface area contributed by atoms with Crippen LogP contribution in [0.15, 0.2) is 0 Å². The summed E-state index contributed by atoms with van der Waals surface area (Å²) >= 11 is 0. The van der Waals surface area contributed by atoms with Gasteiger partial charge in [-0.2, -0.15) is 0 Å². The Morgan fingerprint density at radius 2 is 1.81 bits per heavy atom. The number of fused-ring (bicyclic) bond motifs is 2. The molecule has 3 fully saturated rings. The van der Waals surface area contributed by atoms with Gasteiger partial charge in [0.05, 0.1) is 0 Å². The summed E-state index contributed by atoms with van der Waals surface area (Å²) in [4.78, 5) is 2.92. The van der Waals surface area contributed by atoms with Gasteiger partial charge in [-0.25, -0.2) is 0 Å². The molecular formula is C14H26N2. The van der Waals surface area contributed by atoms with Crippen LogP contribution in [0.4, 0.5) is 0 Å². The van der Waals surface area contributed by atoms with Crippen molar-refractivity contribution in [1.82, 2.24) is 10.2 Å². The fourth-order valence-corrected chi connectivity index (χ4v) is 4.16. The van der Waals surface area contributed by atoms with Crippen LogP contribution >= 0.6 is 0 Å². The molecule has 0 aromatic carbocycles. The van der Waals surface area contributed by atoms with E-state index in [9.17, 15) is 0 Å². The Morgan fingerprint density at radius 3 is 2.31 bits per heavy atom. The van der Waals surface area contributed by atoms with Crippen molar-refractivity contribution >= 4 is 0 Å². The first-order chi connectivity index (χ1) is 7.73. The van der Waals surface area contributed by atoms with E-state index in [1.54, 1.807) is 0 Å². The van der Waals surface area contributed by atoms with Crippen LogP contribution in [0, 0.1) is 0 Å². The molecular weight excluding hydrogens is 196 g/mol. The highest BCUT2D eigenvalue weighted by Gasteiger charge is 2.52. The summed E-state index contributed by atoms with van der Waals surface area (Å²) in [6.45, 7) is 5.87. The maximum absolute atomic E-state index is 3.68. The molecule has 0 aromatic heterocycles. The van der Waals surface area contributed by atoms with Gasteiger partial charge in [0, 0.05) is 23.7 Å². The van der Waals surface area contributed by atoms with Crippen LogP contribution < -0.4 is 5.32 Å². The molecule has 2 nitrogen and oxygen atoms in total. The second-order valence-corrected chi connectivity index (χ2v) is 6.37. The molecule has 2 bridgehead atoms. The molecule has 0 amide bonds. The third-order valence-corrected chi connectivity index (χ3v) is 5.06. The van der Waals surface area contributed by atoms with Gasteiger partial charge in [0.2, 0.25) is 0 Å². The standard InChI is InChI=1S/C14H26N2/c1-3-15-11-9-12-5-4-6-13(10-11)16(12)14(2)7-8-14/h11-13,15H,3-10H2,1-2H3. The van der Waals surface area contributed by atoms with Crippen molar-refractivity contribution in [2.75, 3.05) is 6.54 Å². The van der Waals surface area contributed by atoms with Crippen molar-refractivity contribution in [3.63, 3.8) is 0 Å². The summed E-state index contributed by atoms with van der Waals surface area (Å²) in [5.41, 5.74) is 0.604. The molecule has 1 saturated carbocycles. The topological polar surface area (TPSA) is 15.3 Å². The molecule has 0 aromatic rings.